The summed E-state index contributed by atoms with van der Waals surface area (Å²) < 4.78 is 9.62. The lowest BCUT2D eigenvalue weighted by Crippen LogP contribution is -2.42. The molecule has 0 N–H and O–H groups in total. The van der Waals surface area contributed by atoms with E-state index in [9.17, 15) is 19.5 Å². The van der Waals surface area contributed by atoms with Gasteiger partial charge in [0.25, 0.3) is 0 Å². The minimum Gasteiger partial charge on any atom is -0.550 e. The fourth-order valence-electron chi connectivity index (χ4n) is 2.18. The first-order valence-corrected chi connectivity index (χ1v) is 6.20. The van der Waals surface area contributed by atoms with Crippen molar-refractivity contribution in [3.63, 3.8) is 0 Å². The fraction of sp³-hybridized carbons (Fsp3) is 0.615. The highest BCUT2D eigenvalue weighted by atomic mass is 16.7. The van der Waals surface area contributed by atoms with Crippen LogP contribution in [0.4, 0.5) is 0 Å². The molecule has 0 aromatic rings. The first kappa shape index (κ1) is 15.2. The monoisotopic (exact) mass is 269 g/mol. The summed E-state index contributed by atoms with van der Waals surface area (Å²) in [7, 11) is 0. The zero-order valence-corrected chi connectivity index (χ0v) is 10.8. The Hall–Kier alpha value is -1.85. The number of carbonyl (C=O) groups excluding carboxylic acids is 3. The normalized spacial score (nSPS) is 24.1. The predicted molar refractivity (Wildman–Crippen MR) is 62.3 cm³/mol. The smallest absolute Gasteiger partial charge is 0.333 e. The summed E-state index contributed by atoms with van der Waals surface area (Å²) in [5, 5.41) is 11.0. The molecule has 0 bridgehead atoms. The number of esters is 2. The molecule has 1 aliphatic rings. The standard InChI is InChI=1S/C13H18O6/c1-3-11(14)18-8(2)19-13(17)10-7-5-4-6-9(10)12(15)16/h3,8-10H,1,4-7H2,2H3,(H,15,16)/p-1. The van der Waals surface area contributed by atoms with Crippen molar-refractivity contribution in [2.45, 2.75) is 38.9 Å². The lowest BCUT2D eigenvalue weighted by atomic mass is 9.79. The van der Waals surface area contributed by atoms with E-state index in [2.05, 4.69) is 6.58 Å². The van der Waals surface area contributed by atoms with E-state index < -0.39 is 36.0 Å². The number of aliphatic carboxylic acids is 1. The summed E-state index contributed by atoms with van der Waals surface area (Å²) in [5.41, 5.74) is 0. The summed E-state index contributed by atoms with van der Waals surface area (Å²) in [6.45, 7) is 4.60. The van der Waals surface area contributed by atoms with Crippen LogP contribution >= 0.6 is 0 Å². The van der Waals surface area contributed by atoms with Gasteiger partial charge in [-0.15, -0.1) is 0 Å². The summed E-state index contributed by atoms with van der Waals surface area (Å²) in [6, 6.07) is 0. The second-order valence-electron chi connectivity index (χ2n) is 4.46. The van der Waals surface area contributed by atoms with Crippen molar-refractivity contribution in [3.05, 3.63) is 12.7 Å². The zero-order valence-electron chi connectivity index (χ0n) is 10.8. The van der Waals surface area contributed by atoms with Crippen LogP contribution in [0.5, 0.6) is 0 Å². The van der Waals surface area contributed by atoms with Gasteiger partial charge >= 0.3 is 11.9 Å². The molecule has 0 aliphatic heterocycles. The Bertz CT molecular complexity index is 375. The van der Waals surface area contributed by atoms with Crippen LogP contribution in [-0.2, 0) is 23.9 Å². The minimum absolute atomic E-state index is 0.406. The van der Waals surface area contributed by atoms with Crippen molar-refractivity contribution in [2.75, 3.05) is 0 Å². The SMILES string of the molecule is C=CC(=O)OC(C)OC(=O)C1CCCCC1C(=O)[O-]. The third-order valence-corrected chi connectivity index (χ3v) is 3.10. The molecular formula is C13H17O6-. The van der Waals surface area contributed by atoms with Crippen LogP contribution in [0.15, 0.2) is 12.7 Å². The molecule has 1 fully saturated rings. The van der Waals surface area contributed by atoms with Crippen LogP contribution in [0.3, 0.4) is 0 Å². The van der Waals surface area contributed by atoms with Gasteiger partial charge in [0.2, 0.25) is 6.29 Å². The van der Waals surface area contributed by atoms with E-state index in [1.807, 2.05) is 0 Å². The molecule has 0 aromatic carbocycles. The molecule has 19 heavy (non-hydrogen) atoms. The Labute approximate surface area is 111 Å². The van der Waals surface area contributed by atoms with E-state index in [-0.39, 0.29) is 0 Å². The van der Waals surface area contributed by atoms with Gasteiger partial charge in [0.1, 0.15) is 0 Å². The maximum atomic E-state index is 11.9. The molecule has 3 atom stereocenters. The molecule has 106 valence electrons. The van der Waals surface area contributed by atoms with Crippen molar-refractivity contribution < 1.29 is 29.0 Å². The largest absolute Gasteiger partial charge is 0.550 e. The van der Waals surface area contributed by atoms with E-state index >= 15 is 0 Å². The van der Waals surface area contributed by atoms with E-state index in [1.165, 1.54) is 6.92 Å². The van der Waals surface area contributed by atoms with Gasteiger partial charge in [-0.25, -0.2) is 4.79 Å². The van der Waals surface area contributed by atoms with Crippen molar-refractivity contribution >= 4 is 17.9 Å². The molecule has 0 amide bonds. The van der Waals surface area contributed by atoms with Crippen LogP contribution in [0, 0.1) is 11.8 Å². The number of carboxylic acids is 1. The highest BCUT2D eigenvalue weighted by Crippen LogP contribution is 2.31. The van der Waals surface area contributed by atoms with Gasteiger partial charge in [0.05, 0.1) is 5.92 Å². The average molecular weight is 269 g/mol. The predicted octanol–water partition coefficient (Wildman–Crippen LogP) is 0.161. The fourth-order valence-corrected chi connectivity index (χ4v) is 2.18. The van der Waals surface area contributed by atoms with E-state index in [1.54, 1.807) is 0 Å². The molecule has 1 aliphatic carbocycles. The van der Waals surface area contributed by atoms with Crippen LogP contribution in [0.25, 0.3) is 0 Å². The number of rotatable bonds is 5. The molecule has 0 saturated heterocycles. The van der Waals surface area contributed by atoms with Crippen molar-refractivity contribution in [1.82, 2.24) is 0 Å². The highest BCUT2D eigenvalue weighted by Gasteiger charge is 2.34. The highest BCUT2D eigenvalue weighted by molar-refractivity contribution is 5.82. The van der Waals surface area contributed by atoms with Crippen LogP contribution < -0.4 is 5.11 Å². The van der Waals surface area contributed by atoms with Gasteiger partial charge in [-0.05, 0) is 12.8 Å². The van der Waals surface area contributed by atoms with E-state index in [4.69, 9.17) is 9.47 Å². The topological polar surface area (TPSA) is 92.7 Å². The maximum absolute atomic E-state index is 11.9. The van der Waals surface area contributed by atoms with Crippen LogP contribution in [0.2, 0.25) is 0 Å². The van der Waals surface area contributed by atoms with E-state index in [0.29, 0.717) is 12.8 Å². The van der Waals surface area contributed by atoms with Gasteiger partial charge in [-0.3, -0.25) is 4.79 Å². The molecule has 1 rings (SSSR count). The number of ether oxygens (including phenoxy) is 2. The molecule has 6 nitrogen and oxygen atoms in total. The van der Waals surface area contributed by atoms with Crippen LogP contribution in [-0.4, -0.2) is 24.2 Å². The van der Waals surface area contributed by atoms with Crippen molar-refractivity contribution in [1.29, 1.82) is 0 Å². The number of carbonyl (C=O) groups is 3. The molecule has 0 aromatic heterocycles. The molecule has 0 heterocycles. The zero-order chi connectivity index (χ0) is 14.4. The van der Waals surface area contributed by atoms with Gasteiger partial charge in [0, 0.05) is 24.9 Å². The van der Waals surface area contributed by atoms with Crippen molar-refractivity contribution in [2.24, 2.45) is 11.8 Å². The second-order valence-corrected chi connectivity index (χ2v) is 4.46. The Morgan fingerprint density at radius 3 is 2.32 bits per heavy atom. The molecular weight excluding hydrogens is 252 g/mol. The number of carboxylic acid groups (broad SMARTS) is 1. The summed E-state index contributed by atoms with van der Waals surface area (Å²) >= 11 is 0. The molecule has 0 spiro atoms. The Kier molecular flexibility index (Phi) is 5.54. The molecule has 1 saturated carbocycles. The van der Waals surface area contributed by atoms with Gasteiger partial charge in [-0.1, -0.05) is 19.4 Å². The molecule has 0 radical (unpaired) electrons. The number of hydrogen-bond acceptors (Lipinski definition) is 6. The Morgan fingerprint density at radius 2 is 1.79 bits per heavy atom. The van der Waals surface area contributed by atoms with Gasteiger partial charge in [0.15, 0.2) is 0 Å². The first-order chi connectivity index (χ1) is 8.95. The van der Waals surface area contributed by atoms with Crippen LogP contribution in [0.1, 0.15) is 32.6 Å². The molecule has 3 unspecified atom stereocenters. The summed E-state index contributed by atoms with van der Waals surface area (Å²) in [4.78, 5) is 33.7. The maximum Gasteiger partial charge on any atom is 0.333 e. The lowest BCUT2D eigenvalue weighted by Gasteiger charge is -2.31. The first-order valence-electron chi connectivity index (χ1n) is 6.20. The minimum atomic E-state index is -1.24. The van der Waals surface area contributed by atoms with Crippen molar-refractivity contribution in [3.8, 4) is 0 Å². The lowest BCUT2D eigenvalue weighted by molar-refractivity contribution is -0.314. The Balaban J connectivity index is 2.57. The average Bonchev–Trinajstić information content (AvgIpc) is 2.38. The third-order valence-electron chi connectivity index (χ3n) is 3.10. The number of hydrogen-bond donors (Lipinski definition) is 0. The molecule has 6 heteroatoms. The summed E-state index contributed by atoms with van der Waals surface area (Å²) in [6.07, 6.45) is 2.26. The Morgan fingerprint density at radius 1 is 1.21 bits per heavy atom. The third kappa shape index (κ3) is 4.39. The van der Waals surface area contributed by atoms with Gasteiger partial charge < -0.3 is 19.4 Å². The quantitative estimate of drug-likeness (QED) is 0.401. The van der Waals surface area contributed by atoms with Gasteiger partial charge in [-0.2, -0.15) is 0 Å². The van der Waals surface area contributed by atoms with E-state index in [0.717, 1.165) is 18.9 Å². The second kappa shape index (κ2) is 6.92. The summed E-state index contributed by atoms with van der Waals surface area (Å²) in [5.74, 6) is -4.18.